The Morgan fingerprint density at radius 1 is 1.70 bits per heavy atom. The molecule has 0 aromatic carbocycles. The normalized spacial score (nSPS) is 12.5. The highest BCUT2D eigenvalue weighted by Gasteiger charge is 1.94. The van der Waals surface area contributed by atoms with Gasteiger partial charge in [-0.15, -0.1) is 12.3 Å². The molecule has 0 saturated heterocycles. The third-order valence-electron chi connectivity index (χ3n) is 1.35. The molecular formula is C9H15O. The number of terminal acetylenes is 1. The average molecular weight is 139 g/mol. The molecule has 0 fully saturated rings. The van der Waals surface area contributed by atoms with Crippen molar-refractivity contribution < 1.29 is 4.74 Å². The largest absolute Gasteiger partial charge is 0.381 e. The van der Waals surface area contributed by atoms with Gasteiger partial charge in [-0.2, -0.15) is 0 Å². The van der Waals surface area contributed by atoms with E-state index in [1.807, 2.05) is 6.92 Å². The van der Waals surface area contributed by atoms with Gasteiger partial charge in [0.1, 0.15) is 0 Å². The van der Waals surface area contributed by atoms with Crippen LogP contribution in [-0.2, 0) is 4.74 Å². The Morgan fingerprint density at radius 3 is 2.90 bits per heavy atom. The zero-order valence-corrected chi connectivity index (χ0v) is 6.60. The summed E-state index contributed by atoms with van der Waals surface area (Å²) < 4.78 is 5.05. The third kappa shape index (κ3) is 5.65. The smallest absolute Gasteiger partial charge is 0.0466 e. The Kier molecular flexibility index (Phi) is 6.32. The molecule has 0 aliphatic rings. The van der Waals surface area contributed by atoms with Crippen molar-refractivity contribution in [3.8, 4) is 12.3 Å². The lowest BCUT2D eigenvalue weighted by molar-refractivity contribution is 0.154. The standard InChI is InChI=1S/C9H15O/c1-4-9(3)7-6-8-10-5-2/h1,9H,2,5-8H2,3H3. The summed E-state index contributed by atoms with van der Waals surface area (Å²) in [5.41, 5.74) is 0. The van der Waals surface area contributed by atoms with Crippen LogP contribution in [0.3, 0.4) is 0 Å². The van der Waals surface area contributed by atoms with Crippen molar-refractivity contribution in [1.29, 1.82) is 0 Å². The lowest BCUT2D eigenvalue weighted by atomic mass is 10.1. The van der Waals surface area contributed by atoms with Gasteiger partial charge in [0.2, 0.25) is 0 Å². The first-order valence-corrected chi connectivity index (χ1v) is 3.64. The van der Waals surface area contributed by atoms with Crippen molar-refractivity contribution in [2.24, 2.45) is 5.92 Å². The van der Waals surface area contributed by atoms with Gasteiger partial charge in [-0.1, -0.05) is 6.92 Å². The molecule has 1 atom stereocenters. The van der Waals surface area contributed by atoms with Crippen LogP contribution in [0.2, 0.25) is 0 Å². The van der Waals surface area contributed by atoms with E-state index in [1.54, 1.807) is 0 Å². The van der Waals surface area contributed by atoms with Crippen LogP contribution >= 0.6 is 0 Å². The highest BCUT2D eigenvalue weighted by molar-refractivity contribution is 4.89. The van der Waals surface area contributed by atoms with E-state index in [0.29, 0.717) is 12.5 Å². The van der Waals surface area contributed by atoms with Crippen LogP contribution in [-0.4, -0.2) is 13.2 Å². The summed E-state index contributed by atoms with van der Waals surface area (Å²) in [5.74, 6) is 3.05. The quantitative estimate of drug-likeness (QED) is 0.417. The van der Waals surface area contributed by atoms with E-state index in [1.165, 1.54) is 0 Å². The third-order valence-corrected chi connectivity index (χ3v) is 1.35. The minimum atomic E-state index is 0.383. The van der Waals surface area contributed by atoms with Crippen LogP contribution in [0, 0.1) is 25.2 Å². The SMILES string of the molecule is C#CC(C)CCCOC[CH2]. The first-order valence-electron chi connectivity index (χ1n) is 3.64. The molecule has 1 nitrogen and oxygen atoms in total. The van der Waals surface area contributed by atoms with Gasteiger partial charge >= 0.3 is 0 Å². The van der Waals surface area contributed by atoms with Crippen molar-refractivity contribution in [3.05, 3.63) is 6.92 Å². The summed E-state index contributed by atoms with van der Waals surface area (Å²) in [4.78, 5) is 0. The molecule has 0 spiro atoms. The predicted molar refractivity (Wildman–Crippen MR) is 43.4 cm³/mol. The van der Waals surface area contributed by atoms with Crippen molar-refractivity contribution in [2.75, 3.05) is 13.2 Å². The van der Waals surface area contributed by atoms with Crippen LogP contribution in [0.15, 0.2) is 0 Å². The van der Waals surface area contributed by atoms with Gasteiger partial charge < -0.3 is 4.74 Å². The maximum atomic E-state index is 5.18. The average Bonchev–Trinajstić information content (AvgIpc) is 1.98. The molecule has 0 N–H and O–H groups in total. The van der Waals surface area contributed by atoms with Crippen LogP contribution in [0.4, 0.5) is 0 Å². The minimum Gasteiger partial charge on any atom is -0.381 e. The maximum absolute atomic E-state index is 5.18. The summed E-state index contributed by atoms with van der Waals surface area (Å²) in [6.07, 6.45) is 7.28. The number of hydrogen-bond acceptors (Lipinski definition) is 1. The molecular weight excluding hydrogens is 124 g/mol. The number of rotatable bonds is 5. The topological polar surface area (TPSA) is 9.23 Å². The maximum Gasteiger partial charge on any atom is 0.0466 e. The van der Waals surface area contributed by atoms with E-state index >= 15 is 0 Å². The second-order valence-corrected chi connectivity index (χ2v) is 2.32. The molecule has 0 aromatic heterocycles. The Labute approximate surface area is 63.8 Å². The molecule has 10 heavy (non-hydrogen) atoms. The molecule has 57 valence electrons. The Balaban J connectivity index is 2.98. The lowest BCUT2D eigenvalue weighted by Crippen LogP contribution is -1.97. The Hall–Kier alpha value is -0.480. The molecule has 1 radical (unpaired) electrons. The Morgan fingerprint density at radius 2 is 2.40 bits per heavy atom. The number of hydrogen-bond donors (Lipinski definition) is 0. The molecule has 0 aromatic rings. The minimum absolute atomic E-state index is 0.383. The summed E-state index contributed by atoms with van der Waals surface area (Å²) in [7, 11) is 0. The van der Waals surface area contributed by atoms with Crippen molar-refractivity contribution >= 4 is 0 Å². The van der Waals surface area contributed by atoms with Crippen molar-refractivity contribution in [2.45, 2.75) is 19.8 Å². The van der Waals surface area contributed by atoms with Crippen molar-refractivity contribution in [1.82, 2.24) is 0 Å². The summed E-state index contributed by atoms with van der Waals surface area (Å²) in [6.45, 7) is 6.95. The fraction of sp³-hybridized carbons (Fsp3) is 0.667. The fourth-order valence-corrected chi connectivity index (χ4v) is 0.677. The van der Waals surface area contributed by atoms with E-state index in [4.69, 9.17) is 11.2 Å². The fourth-order valence-electron chi connectivity index (χ4n) is 0.677. The monoisotopic (exact) mass is 139 g/mol. The first-order chi connectivity index (χ1) is 4.81. The molecule has 0 aliphatic heterocycles. The van der Waals surface area contributed by atoms with Crippen LogP contribution in [0.1, 0.15) is 19.8 Å². The zero-order valence-electron chi connectivity index (χ0n) is 6.60. The predicted octanol–water partition coefficient (Wildman–Crippen LogP) is 1.89. The van der Waals surface area contributed by atoms with Gasteiger partial charge in [-0.05, 0) is 19.8 Å². The van der Waals surface area contributed by atoms with E-state index in [9.17, 15) is 0 Å². The van der Waals surface area contributed by atoms with E-state index in [0.717, 1.165) is 19.4 Å². The molecule has 0 saturated carbocycles. The van der Waals surface area contributed by atoms with E-state index in [2.05, 4.69) is 12.8 Å². The van der Waals surface area contributed by atoms with Crippen LogP contribution in [0.25, 0.3) is 0 Å². The van der Waals surface area contributed by atoms with E-state index < -0.39 is 0 Å². The van der Waals surface area contributed by atoms with Gasteiger partial charge in [-0.25, -0.2) is 0 Å². The lowest BCUT2D eigenvalue weighted by Gasteiger charge is -2.02. The second kappa shape index (κ2) is 6.64. The van der Waals surface area contributed by atoms with Gasteiger partial charge in [0, 0.05) is 19.1 Å². The molecule has 0 aliphatic carbocycles. The second-order valence-electron chi connectivity index (χ2n) is 2.32. The molecule has 1 unspecified atom stereocenters. The highest BCUT2D eigenvalue weighted by Crippen LogP contribution is 2.02. The van der Waals surface area contributed by atoms with Crippen molar-refractivity contribution in [3.63, 3.8) is 0 Å². The van der Waals surface area contributed by atoms with E-state index in [-0.39, 0.29) is 0 Å². The first kappa shape index (κ1) is 9.52. The molecule has 0 heterocycles. The summed E-state index contributed by atoms with van der Waals surface area (Å²) in [5, 5.41) is 0. The highest BCUT2D eigenvalue weighted by atomic mass is 16.5. The molecule has 1 heteroatoms. The van der Waals surface area contributed by atoms with Gasteiger partial charge in [0.15, 0.2) is 0 Å². The molecule has 0 amide bonds. The molecule has 0 rings (SSSR count). The summed E-state index contributed by atoms with van der Waals surface area (Å²) >= 11 is 0. The summed E-state index contributed by atoms with van der Waals surface area (Å²) in [6, 6.07) is 0. The molecule has 0 bridgehead atoms. The van der Waals surface area contributed by atoms with Crippen LogP contribution < -0.4 is 0 Å². The van der Waals surface area contributed by atoms with Crippen LogP contribution in [0.5, 0.6) is 0 Å². The van der Waals surface area contributed by atoms with Gasteiger partial charge in [0.05, 0.1) is 0 Å². The van der Waals surface area contributed by atoms with Gasteiger partial charge in [-0.3, -0.25) is 0 Å². The zero-order chi connectivity index (χ0) is 7.82. The van der Waals surface area contributed by atoms with Gasteiger partial charge in [0.25, 0.3) is 0 Å². The Bertz CT molecular complexity index is 102. The number of ether oxygens (including phenoxy) is 1.